The van der Waals surface area contributed by atoms with E-state index in [1.54, 1.807) is 18.4 Å². The molecule has 0 saturated heterocycles. The van der Waals surface area contributed by atoms with Crippen molar-refractivity contribution in [2.24, 2.45) is 0 Å². The molecule has 5 rings (SSSR count). The number of ether oxygens (including phenoxy) is 3. The highest BCUT2D eigenvalue weighted by Gasteiger charge is 2.20. The Morgan fingerprint density at radius 3 is 2.53 bits per heavy atom. The maximum absolute atomic E-state index is 12.8. The third-order valence-corrected chi connectivity index (χ3v) is 6.80. The van der Waals surface area contributed by atoms with Crippen molar-refractivity contribution in [3.63, 3.8) is 0 Å². The van der Waals surface area contributed by atoms with Crippen molar-refractivity contribution in [3.8, 4) is 28.6 Å². The largest absolute Gasteiger partial charge is 0.497 e. The van der Waals surface area contributed by atoms with Gasteiger partial charge in [-0.1, -0.05) is 6.07 Å². The molecule has 6 nitrogen and oxygen atoms in total. The van der Waals surface area contributed by atoms with Crippen molar-refractivity contribution in [3.05, 3.63) is 69.3 Å². The maximum atomic E-state index is 12.8. The van der Waals surface area contributed by atoms with E-state index < -0.39 is 0 Å². The molecule has 1 aliphatic carbocycles. The summed E-state index contributed by atoms with van der Waals surface area (Å²) >= 11 is 1.66. The highest BCUT2D eigenvalue weighted by molar-refractivity contribution is 7.18. The number of hydrogen-bond acceptors (Lipinski definition) is 6. The van der Waals surface area contributed by atoms with Gasteiger partial charge in [-0.3, -0.25) is 4.79 Å². The molecule has 0 amide bonds. The normalized spacial score (nSPS) is 13.0. The number of rotatable bonds is 7. The van der Waals surface area contributed by atoms with E-state index in [-0.39, 0.29) is 5.56 Å². The van der Waals surface area contributed by atoms with Gasteiger partial charge in [0.15, 0.2) is 0 Å². The molecule has 0 atom stereocenters. The first-order valence-electron chi connectivity index (χ1n) is 10.8. The lowest BCUT2D eigenvalue weighted by atomic mass is 9.97. The number of nitrogens with zero attached hydrogens (tertiary/aromatic N) is 1. The lowest BCUT2D eigenvalue weighted by Crippen LogP contribution is -2.11. The number of nitrogens with one attached hydrogen (secondary N) is 1. The number of hydrogen-bond donors (Lipinski definition) is 1. The summed E-state index contributed by atoms with van der Waals surface area (Å²) in [5, 5.41) is 0.782. The van der Waals surface area contributed by atoms with Gasteiger partial charge in [-0.25, -0.2) is 4.98 Å². The molecule has 2 heterocycles. The van der Waals surface area contributed by atoms with Gasteiger partial charge in [-0.05, 0) is 67.6 Å². The van der Waals surface area contributed by atoms with Crippen LogP contribution in [-0.4, -0.2) is 30.3 Å². The lowest BCUT2D eigenvalue weighted by Gasteiger charge is -2.10. The van der Waals surface area contributed by atoms with E-state index in [0.29, 0.717) is 19.0 Å². The minimum absolute atomic E-state index is 0.0422. The van der Waals surface area contributed by atoms with Crippen LogP contribution in [-0.2, 0) is 12.8 Å². The third-order valence-electron chi connectivity index (χ3n) is 5.61. The zero-order valence-corrected chi connectivity index (χ0v) is 18.7. The molecule has 4 aromatic rings. The zero-order valence-electron chi connectivity index (χ0n) is 17.8. The van der Waals surface area contributed by atoms with Crippen molar-refractivity contribution >= 4 is 21.6 Å². The minimum Gasteiger partial charge on any atom is -0.497 e. The van der Waals surface area contributed by atoms with Crippen LogP contribution in [0.2, 0.25) is 0 Å². The third kappa shape index (κ3) is 4.21. The topological polar surface area (TPSA) is 73.4 Å². The molecule has 0 fully saturated rings. The summed E-state index contributed by atoms with van der Waals surface area (Å²) < 4.78 is 16.7. The summed E-state index contributed by atoms with van der Waals surface area (Å²) in [6.07, 6.45) is 4.37. The molecule has 0 saturated carbocycles. The molecule has 1 aliphatic rings. The van der Waals surface area contributed by atoms with Gasteiger partial charge in [0.25, 0.3) is 5.56 Å². The monoisotopic (exact) mass is 448 g/mol. The van der Waals surface area contributed by atoms with Crippen molar-refractivity contribution < 1.29 is 14.2 Å². The number of fused-ring (bicyclic) bond motifs is 3. The Hall–Kier alpha value is -3.32. The molecule has 0 aliphatic heterocycles. The molecular formula is C25H24N2O4S. The average Bonchev–Trinajstić information content (AvgIpc) is 3.21. The number of aromatic amines is 1. The molecule has 7 heteroatoms. The Kier molecular flexibility index (Phi) is 5.81. The second-order valence-corrected chi connectivity index (χ2v) is 8.79. The predicted molar refractivity (Wildman–Crippen MR) is 126 cm³/mol. The van der Waals surface area contributed by atoms with E-state index in [1.807, 2.05) is 48.5 Å². The number of methoxy groups -OCH3 is 1. The summed E-state index contributed by atoms with van der Waals surface area (Å²) in [6.45, 7) is 0.835. The predicted octanol–water partition coefficient (Wildman–Crippen LogP) is 5.00. The van der Waals surface area contributed by atoms with Crippen molar-refractivity contribution in [1.29, 1.82) is 0 Å². The second-order valence-electron chi connectivity index (χ2n) is 7.71. The van der Waals surface area contributed by atoms with Gasteiger partial charge in [0.1, 0.15) is 41.1 Å². The standard InChI is InChI=1S/C25H24N2O4S/c1-29-18-5-4-6-19(15-18)31-14-13-30-17-11-9-16(10-12-17)23-26-24(28)22-20-7-2-3-8-21(20)32-25(22)27-23/h4-6,9-12,15H,2-3,7-8,13-14H2,1H3,(H,26,27,28). The van der Waals surface area contributed by atoms with Gasteiger partial charge in [-0.2, -0.15) is 0 Å². The Balaban J connectivity index is 1.24. The van der Waals surface area contributed by atoms with E-state index >= 15 is 0 Å². The first-order valence-corrected chi connectivity index (χ1v) is 11.6. The molecule has 164 valence electrons. The SMILES string of the molecule is COc1cccc(OCCOc2ccc(-c3nc4sc5c(c4c(=O)[nH]3)CCCC5)cc2)c1. The minimum atomic E-state index is -0.0422. The van der Waals surface area contributed by atoms with Crippen LogP contribution >= 0.6 is 11.3 Å². The molecule has 1 N–H and O–H groups in total. The van der Waals surface area contributed by atoms with Crippen LogP contribution in [0.5, 0.6) is 17.2 Å². The summed E-state index contributed by atoms with van der Waals surface area (Å²) in [6, 6.07) is 15.1. The molecule has 2 aromatic heterocycles. The van der Waals surface area contributed by atoms with Gasteiger partial charge in [0.2, 0.25) is 0 Å². The van der Waals surface area contributed by atoms with E-state index in [2.05, 4.69) is 4.98 Å². The van der Waals surface area contributed by atoms with Gasteiger partial charge in [0.05, 0.1) is 12.5 Å². The Bertz CT molecular complexity index is 1290. The number of H-pyrrole nitrogens is 1. The van der Waals surface area contributed by atoms with E-state index in [9.17, 15) is 4.79 Å². The van der Waals surface area contributed by atoms with Gasteiger partial charge in [-0.15, -0.1) is 11.3 Å². The maximum Gasteiger partial charge on any atom is 0.260 e. The van der Waals surface area contributed by atoms with Crippen molar-refractivity contribution in [2.75, 3.05) is 20.3 Å². The molecule has 2 aromatic carbocycles. The summed E-state index contributed by atoms with van der Waals surface area (Å²) in [5.74, 6) is 2.82. The van der Waals surface area contributed by atoms with Crippen LogP contribution in [0.3, 0.4) is 0 Å². The van der Waals surface area contributed by atoms with Crippen LogP contribution in [0, 0.1) is 0 Å². The summed E-state index contributed by atoms with van der Waals surface area (Å²) in [5.41, 5.74) is 2.02. The zero-order chi connectivity index (χ0) is 21.9. The fourth-order valence-electron chi connectivity index (χ4n) is 4.02. The number of aryl methyl sites for hydroxylation is 2. The molecule has 0 bridgehead atoms. The fraction of sp³-hybridized carbons (Fsp3) is 0.280. The summed E-state index contributed by atoms with van der Waals surface area (Å²) in [7, 11) is 1.63. The lowest BCUT2D eigenvalue weighted by molar-refractivity contribution is 0.216. The quantitative estimate of drug-likeness (QED) is 0.403. The highest BCUT2D eigenvalue weighted by atomic mass is 32.1. The molecule has 0 spiro atoms. The van der Waals surface area contributed by atoms with Gasteiger partial charge < -0.3 is 19.2 Å². The first kappa shape index (κ1) is 20.6. The van der Waals surface area contributed by atoms with E-state index in [0.717, 1.165) is 52.3 Å². The average molecular weight is 449 g/mol. The Morgan fingerprint density at radius 1 is 0.969 bits per heavy atom. The number of benzene rings is 2. The smallest absolute Gasteiger partial charge is 0.260 e. The van der Waals surface area contributed by atoms with Crippen LogP contribution < -0.4 is 19.8 Å². The van der Waals surface area contributed by atoms with E-state index in [1.165, 1.54) is 16.9 Å². The van der Waals surface area contributed by atoms with Gasteiger partial charge >= 0.3 is 0 Å². The number of aromatic nitrogens is 2. The van der Waals surface area contributed by atoms with Crippen LogP contribution in [0.25, 0.3) is 21.6 Å². The molecular weight excluding hydrogens is 424 g/mol. The van der Waals surface area contributed by atoms with Crippen LogP contribution in [0.15, 0.2) is 53.3 Å². The highest BCUT2D eigenvalue weighted by Crippen LogP contribution is 2.34. The van der Waals surface area contributed by atoms with Crippen LogP contribution in [0.4, 0.5) is 0 Å². The first-order chi connectivity index (χ1) is 15.7. The summed E-state index contributed by atoms with van der Waals surface area (Å²) in [4.78, 5) is 22.7. The second kappa shape index (κ2) is 9.04. The van der Waals surface area contributed by atoms with Crippen LogP contribution in [0.1, 0.15) is 23.3 Å². The van der Waals surface area contributed by atoms with Crippen molar-refractivity contribution in [1.82, 2.24) is 9.97 Å². The van der Waals surface area contributed by atoms with Crippen molar-refractivity contribution in [2.45, 2.75) is 25.7 Å². The fourth-order valence-corrected chi connectivity index (χ4v) is 5.28. The Morgan fingerprint density at radius 2 is 1.72 bits per heavy atom. The van der Waals surface area contributed by atoms with Gasteiger partial charge in [0, 0.05) is 16.5 Å². The molecule has 0 radical (unpaired) electrons. The Labute approximate surface area is 189 Å². The number of thiophene rings is 1. The molecule has 32 heavy (non-hydrogen) atoms. The molecule has 0 unspecified atom stereocenters. The van der Waals surface area contributed by atoms with E-state index in [4.69, 9.17) is 19.2 Å².